The van der Waals surface area contributed by atoms with Crippen molar-refractivity contribution in [2.24, 2.45) is 7.05 Å². The minimum Gasteiger partial charge on any atom is -0.488 e. The van der Waals surface area contributed by atoms with Crippen molar-refractivity contribution >= 4 is 11.5 Å². The highest BCUT2D eigenvalue weighted by atomic mass is 32.1. The summed E-state index contributed by atoms with van der Waals surface area (Å²) in [7, 11) is 1.45. The van der Waals surface area contributed by atoms with E-state index in [9.17, 15) is 9.18 Å². The first-order valence-corrected chi connectivity index (χ1v) is 7.08. The Kier molecular flexibility index (Phi) is 3.39. The molecule has 0 fully saturated rings. The molecule has 0 atom stereocenters. The average molecular weight is 323 g/mol. The zero-order valence-corrected chi connectivity index (χ0v) is 12.6. The molecule has 0 unspecified atom stereocenters. The first-order chi connectivity index (χ1) is 11.0. The maximum atomic E-state index is 13.9. The summed E-state index contributed by atoms with van der Waals surface area (Å²) in [6.07, 6.45) is 0. The second-order valence-electron chi connectivity index (χ2n) is 4.53. The van der Waals surface area contributed by atoms with Gasteiger partial charge in [0.05, 0.1) is 6.93 Å². The topological polar surface area (TPSA) is 74.8 Å². The van der Waals surface area contributed by atoms with E-state index in [1.54, 1.807) is 25.1 Å². The Balaban J connectivity index is 1.90. The van der Waals surface area contributed by atoms with Crippen molar-refractivity contribution in [1.29, 1.82) is 0 Å². The summed E-state index contributed by atoms with van der Waals surface area (Å²) in [4.78, 5) is 11.9. The normalized spacial score (nSPS) is 11.5. The lowest BCUT2D eigenvalue weighted by Crippen LogP contribution is -2.22. The number of ether oxygens (including phenoxy) is 1. The monoisotopic (exact) mass is 323 g/mol. The zero-order chi connectivity index (χ0) is 16.6. The fourth-order valence-electron chi connectivity index (χ4n) is 1.82. The van der Waals surface area contributed by atoms with Crippen molar-refractivity contribution in [2.45, 2.75) is 13.5 Å². The standard InChI is InChI=1S/C13H12FN5O2S/c1-8-5-3-4-6-10(8)21-7-9-11(14)15-22-12(9)19-13(20)18(2)16-17-19/h3-6H,7H2,1-2H3/i3T. The molecule has 0 radical (unpaired) electrons. The third kappa shape index (κ3) is 2.50. The van der Waals surface area contributed by atoms with Gasteiger partial charge in [-0.3, -0.25) is 0 Å². The van der Waals surface area contributed by atoms with E-state index in [2.05, 4.69) is 14.8 Å². The van der Waals surface area contributed by atoms with Gasteiger partial charge in [-0.2, -0.15) is 13.4 Å². The van der Waals surface area contributed by atoms with Gasteiger partial charge in [0.25, 0.3) is 0 Å². The van der Waals surface area contributed by atoms with Crippen molar-refractivity contribution < 1.29 is 10.5 Å². The molecule has 2 aromatic heterocycles. The molecule has 114 valence electrons. The largest absolute Gasteiger partial charge is 0.488 e. The van der Waals surface area contributed by atoms with Crippen molar-refractivity contribution in [2.75, 3.05) is 0 Å². The van der Waals surface area contributed by atoms with E-state index in [-0.39, 0.29) is 17.2 Å². The molecule has 0 N–H and O–H groups in total. The van der Waals surface area contributed by atoms with Crippen LogP contribution in [0, 0.1) is 12.9 Å². The lowest BCUT2D eigenvalue weighted by atomic mass is 10.2. The van der Waals surface area contributed by atoms with E-state index < -0.39 is 11.6 Å². The quantitative estimate of drug-likeness (QED) is 0.726. The fraction of sp³-hybridized carbons (Fsp3) is 0.231. The number of para-hydroxylation sites is 1. The molecule has 0 aliphatic heterocycles. The molecule has 2 heterocycles. The summed E-state index contributed by atoms with van der Waals surface area (Å²) in [6, 6.07) is 5.23. The van der Waals surface area contributed by atoms with Crippen molar-refractivity contribution in [3.05, 3.63) is 51.8 Å². The molecule has 22 heavy (non-hydrogen) atoms. The van der Waals surface area contributed by atoms with Crippen LogP contribution < -0.4 is 10.4 Å². The number of rotatable bonds is 4. The Morgan fingerprint density at radius 2 is 2.27 bits per heavy atom. The molecule has 1 aromatic carbocycles. The van der Waals surface area contributed by atoms with Crippen LogP contribution in [0.1, 0.15) is 12.5 Å². The van der Waals surface area contributed by atoms with Crippen molar-refractivity contribution in [3.8, 4) is 10.8 Å². The third-order valence-corrected chi connectivity index (χ3v) is 3.87. The van der Waals surface area contributed by atoms with E-state index in [1.165, 1.54) is 7.05 Å². The molecule has 0 spiro atoms. The molecule has 7 nitrogen and oxygen atoms in total. The first-order valence-electron chi connectivity index (χ1n) is 6.81. The highest BCUT2D eigenvalue weighted by Crippen LogP contribution is 2.24. The van der Waals surface area contributed by atoms with Crippen LogP contribution in [0.4, 0.5) is 4.39 Å². The molecule has 0 saturated carbocycles. The second kappa shape index (κ2) is 5.68. The van der Waals surface area contributed by atoms with E-state index in [0.29, 0.717) is 11.8 Å². The predicted molar refractivity (Wildman–Crippen MR) is 77.7 cm³/mol. The van der Waals surface area contributed by atoms with Gasteiger partial charge < -0.3 is 4.74 Å². The highest BCUT2D eigenvalue weighted by Gasteiger charge is 2.20. The van der Waals surface area contributed by atoms with Crippen LogP contribution in [0.3, 0.4) is 0 Å². The van der Waals surface area contributed by atoms with E-state index in [4.69, 9.17) is 6.11 Å². The summed E-state index contributed by atoms with van der Waals surface area (Å²) < 4.78 is 32.7. The van der Waals surface area contributed by atoms with Crippen LogP contribution in [-0.2, 0) is 13.7 Å². The predicted octanol–water partition coefficient (Wildman–Crippen LogP) is 1.45. The van der Waals surface area contributed by atoms with Crippen LogP contribution in [0.15, 0.2) is 29.0 Å². The summed E-state index contributed by atoms with van der Waals surface area (Å²) in [5.74, 6) is -0.179. The summed E-state index contributed by atoms with van der Waals surface area (Å²) in [5.41, 5.74) is 0.399. The van der Waals surface area contributed by atoms with Crippen molar-refractivity contribution in [3.63, 3.8) is 0 Å². The Morgan fingerprint density at radius 3 is 2.95 bits per heavy atom. The number of hydrogen-bond acceptors (Lipinski definition) is 6. The van der Waals surface area contributed by atoms with Crippen LogP contribution in [-0.4, -0.2) is 24.2 Å². The SMILES string of the molecule is [3H]c1ccc(OCc2c(F)nsc2-n2nnn(C)c2=O)c(C)c1. The third-order valence-electron chi connectivity index (χ3n) is 3.02. The molecule has 3 aromatic rings. The Hall–Kier alpha value is -2.55. The summed E-state index contributed by atoms with van der Waals surface area (Å²) in [5, 5.41) is 7.51. The number of tetrazole rings is 1. The van der Waals surface area contributed by atoms with Gasteiger partial charge in [-0.05, 0) is 40.5 Å². The summed E-state index contributed by atoms with van der Waals surface area (Å²) in [6.45, 7) is 1.68. The molecular weight excluding hydrogens is 309 g/mol. The fourth-order valence-corrected chi connectivity index (χ4v) is 2.54. The first kappa shape index (κ1) is 13.1. The zero-order valence-electron chi connectivity index (χ0n) is 12.8. The van der Waals surface area contributed by atoms with Crippen LogP contribution in [0.5, 0.6) is 5.75 Å². The van der Waals surface area contributed by atoms with Crippen LogP contribution in [0.2, 0.25) is 0 Å². The molecule has 0 aliphatic carbocycles. The molecule has 0 saturated heterocycles. The van der Waals surface area contributed by atoms with E-state index in [1.807, 2.05) is 0 Å². The van der Waals surface area contributed by atoms with Crippen molar-refractivity contribution in [1.82, 2.24) is 24.2 Å². The molecule has 9 heteroatoms. The number of aryl methyl sites for hydroxylation is 2. The van der Waals surface area contributed by atoms with Gasteiger partial charge in [0.2, 0.25) is 5.95 Å². The number of hydrogen-bond donors (Lipinski definition) is 0. The highest BCUT2D eigenvalue weighted by molar-refractivity contribution is 7.08. The van der Waals surface area contributed by atoms with Gasteiger partial charge in [-0.25, -0.2) is 4.79 Å². The van der Waals surface area contributed by atoms with E-state index in [0.717, 1.165) is 26.5 Å². The molecule has 0 amide bonds. The van der Waals surface area contributed by atoms with E-state index >= 15 is 0 Å². The van der Waals surface area contributed by atoms with Gasteiger partial charge in [-0.1, -0.05) is 18.2 Å². The molecule has 0 bridgehead atoms. The smallest absolute Gasteiger partial charge is 0.369 e. The Labute approximate surface area is 130 Å². The van der Waals surface area contributed by atoms with Crippen LogP contribution in [0.25, 0.3) is 5.00 Å². The van der Waals surface area contributed by atoms with Gasteiger partial charge in [0.1, 0.15) is 12.4 Å². The number of aromatic nitrogens is 5. The Morgan fingerprint density at radius 1 is 1.45 bits per heavy atom. The van der Waals surface area contributed by atoms with Gasteiger partial charge in [-0.15, -0.1) is 4.68 Å². The lowest BCUT2D eigenvalue weighted by Gasteiger charge is -2.08. The molecule has 0 aliphatic rings. The number of benzene rings is 1. The number of nitrogens with zero attached hydrogens (tertiary/aromatic N) is 5. The van der Waals surface area contributed by atoms with Gasteiger partial charge >= 0.3 is 5.69 Å². The lowest BCUT2D eigenvalue weighted by molar-refractivity contribution is 0.297. The van der Waals surface area contributed by atoms with Crippen LogP contribution >= 0.6 is 11.5 Å². The summed E-state index contributed by atoms with van der Waals surface area (Å²) >= 11 is 0.811. The van der Waals surface area contributed by atoms with Gasteiger partial charge in [0.15, 0.2) is 5.00 Å². The number of halogens is 1. The minimum absolute atomic E-state index is 0.112. The maximum absolute atomic E-state index is 13.9. The second-order valence-corrected chi connectivity index (χ2v) is 5.29. The minimum atomic E-state index is -0.711. The average Bonchev–Trinajstić information content (AvgIpc) is 3.02. The van der Waals surface area contributed by atoms with Gasteiger partial charge in [0, 0.05) is 7.05 Å². The molecule has 3 rings (SSSR count). The maximum Gasteiger partial charge on any atom is 0.369 e. The molecular formula is C13H12FN5O2S. The Bertz CT molecular complexity index is 919.